The second-order valence-corrected chi connectivity index (χ2v) is 14.2. The molecule has 1 saturated heterocycles. The van der Waals surface area contributed by atoms with Crippen molar-refractivity contribution in [1.82, 2.24) is 14.6 Å². The van der Waals surface area contributed by atoms with E-state index in [0.29, 0.717) is 59.2 Å². The van der Waals surface area contributed by atoms with Crippen molar-refractivity contribution < 1.29 is 32.9 Å². The van der Waals surface area contributed by atoms with Crippen molar-refractivity contribution in [3.63, 3.8) is 0 Å². The van der Waals surface area contributed by atoms with Crippen molar-refractivity contribution in [2.24, 2.45) is 0 Å². The molecule has 0 unspecified atom stereocenters. The van der Waals surface area contributed by atoms with Gasteiger partial charge in [-0.1, -0.05) is 18.2 Å². The number of ether oxygens (including phenoxy) is 3. The summed E-state index contributed by atoms with van der Waals surface area (Å²) in [4.78, 5) is 19.8. The Morgan fingerprint density at radius 1 is 1.08 bits per heavy atom. The van der Waals surface area contributed by atoms with E-state index in [-0.39, 0.29) is 17.5 Å². The Morgan fingerprint density at radius 2 is 1.79 bits per heavy atom. The number of aromatic nitrogens is 3. The number of hydrogen-bond donors (Lipinski definition) is 1. The van der Waals surface area contributed by atoms with Crippen LogP contribution in [-0.2, 0) is 14.3 Å². The highest BCUT2D eigenvalue weighted by Gasteiger charge is 2.38. The summed E-state index contributed by atoms with van der Waals surface area (Å²) in [6.45, 7) is 13.2. The number of anilines is 1. The maximum atomic E-state index is 14.6. The summed E-state index contributed by atoms with van der Waals surface area (Å²) in [6.07, 6.45) is 2.37. The minimum atomic E-state index is -1.28. The standard InChI is InChI=1S/C37H44F2N4O5/c1-22-10-7-8-17-46-37(6)13-15-42(16-14-37)34-32(33(35(44)45)48-36(3,4)5)23(2)40-31-21-29(41-43(31)34)25-12-9-11-24(18-25)26-19-27(38)28(39)20-30(26)47-22/h9,11-12,18-22,33H,7-8,10,13-17H2,1-6H3,(H,44,45)/t22-,33-/m0/s1. The number of hydrogen-bond acceptors (Lipinski definition) is 7. The van der Waals surface area contributed by atoms with Gasteiger partial charge in [0.1, 0.15) is 11.6 Å². The normalized spacial score (nSPS) is 21.2. The first-order valence-corrected chi connectivity index (χ1v) is 16.7. The fourth-order valence-corrected chi connectivity index (χ4v) is 6.62. The SMILES string of the molecule is Cc1nc2cc3nn2c(c1[C@H](OC(C)(C)C)C(=O)O)N1CCC(C)(CC1)OCCCC[C@H](C)Oc1cc(F)c(F)cc1-c1cccc-3c1. The Balaban J connectivity index is 1.54. The van der Waals surface area contributed by atoms with Crippen molar-refractivity contribution in [3.05, 3.63) is 65.4 Å². The van der Waals surface area contributed by atoms with Gasteiger partial charge in [-0.2, -0.15) is 9.61 Å². The first kappa shape index (κ1) is 33.8. The maximum absolute atomic E-state index is 14.6. The van der Waals surface area contributed by atoms with Gasteiger partial charge in [0.2, 0.25) is 0 Å². The van der Waals surface area contributed by atoms with Crippen LogP contribution >= 0.6 is 0 Å². The van der Waals surface area contributed by atoms with Crippen LogP contribution in [0.1, 0.15) is 84.1 Å². The highest BCUT2D eigenvalue weighted by molar-refractivity contribution is 5.80. The van der Waals surface area contributed by atoms with Gasteiger partial charge in [0.25, 0.3) is 0 Å². The highest BCUT2D eigenvalue weighted by atomic mass is 19.2. The van der Waals surface area contributed by atoms with E-state index in [1.165, 1.54) is 6.07 Å². The van der Waals surface area contributed by atoms with Gasteiger partial charge in [-0.3, -0.25) is 0 Å². The third kappa shape index (κ3) is 7.03. The zero-order valence-corrected chi connectivity index (χ0v) is 28.5. The summed E-state index contributed by atoms with van der Waals surface area (Å²) in [5.41, 5.74) is 2.84. The minimum Gasteiger partial charge on any atom is -0.490 e. The maximum Gasteiger partial charge on any atom is 0.337 e. The molecule has 9 nitrogen and oxygen atoms in total. The van der Waals surface area contributed by atoms with Crippen molar-refractivity contribution in [2.45, 2.75) is 97.1 Å². The quantitative estimate of drug-likeness (QED) is 0.236. The summed E-state index contributed by atoms with van der Waals surface area (Å²) in [7, 11) is 0. The molecule has 0 radical (unpaired) electrons. The molecule has 256 valence electrons. The van der Waals surface area contributed by atoms with Gasteiger partial charge in [-0.05, 0) is 91.3 Å². The molecule has 2 aromatic carbocycles. The van der Waals surface area contributed by atoms with Crippen molar-refractivity contribution in [3.8, 4) is 28.1 Å². The highest BCUT2D eigenvalue weighted by Crippen LogP contribution is 2.40. The molecular formula is C37H44F2N4O5. The smallest absolute Gasteiger partial charge is 0.337 e. The van der Waals surface area contributed by atoms with Crippen LogP contribution in [0.2, 0.25) is 0 Å². The lowest BCUT2D eigenvalue weighted by molar-refractivity contribution is -0.160. The van der Waals surface area contributed by atoms with E-state index >= 15 is 0 Å². The first-order valence-electron chi connectivity index (χ1n) is 16.7. The molecular weight excluding hydrogens is 618 g/mol. The summed E-state index contributed by atoms with van der Waals surface area (Å²) in [6, 6.07) is 11.5. The second kappa shape index (κ2) is 13.1. The fourth-order valence-electron chi connectivity index (χ4n) is 6.62. The van der Waals surface area contributed by atoms with Gasteiger partial charge in [-0.15, -0.1) is 0 Å². The van der Waals surface area contributed by atoms with Crippen molar-refractivity contribution in [1.29, 1.82) is 0 Å². The number of aryl methyl sites for hydroxylation is 1. The Kier molecular flexibility index (Phi) is 9.21. The molecule has 0 spiro atoms. The molecule has 2 aromatic heterocycles. The monoisotopic (exact) mass is 662 g/mol. The molecule has 0 saturated carbocycles. The van der Waals surface area contributed by atoms with Crippen LogP contribution in [-0.4, -0.2) is 62.7 Å². The summed E-state index contributed by atoms with van der Waals surface area (Å²) >= 11 is 0. The third-order valence-electron chi connectivity index (χ3n) is 9.16. The van der Waals surface area contributed by atoms with Crippen LogP contribution in [0.25, 0.3) is 28.0 Å². The molecule has 48 heavy (non-hydrogen) atoms. The first-order chi connectivity index (χ1) is 22.7. The van der Waals surface area contributed by atoms with E-state index < -0.39 is 29.3 Å². The van der Waals surface area contributed by atoms with Crippen LogP contribution in [0, 0.1) is 18.6 Å². The van der Waals surface area contributed by atoms with Gasteiger partial charge >= 0.3 is 5.97 Å². The molecule has 2 atom stereocenters. The number of benzene rings is 2. The molecule has 11 heteroatoms. The molecule has 6 bridgehead atoms. The van der Waals surface area contributed by atoms with E-state index in [4.69, 9.17) is 24.3 Å². The molecule has 3 aliphatic rings. The lowest BCUT2D eigenvalue weighted by Crippen LogP contribution is -2.46. The van der Waals surface area contributed by atoms with Crippen molar-refractivity contribution >= 4 is 17.4 Å². The van der Waals surface area contributed by atoms with Crippen LogP contribution < -0.4 is 9.64 Å². The van der Waals surface area contributed by atoms with Crippen LogP contribution in [0.4, 0.5) is 14.6 Å². The molecule has 0 amide bonds. The lowest BCUT2D eigenvalue weighted by Gasteiger charge is -2.41. The minimum absolute atomic E-state index is 0.224. The largest absolute Gasteiger partial charge is 0.490 e. The molecule has 4 aromatic rings. The Hall–Kier alpha value is -4.09. The van der Waals surface area contributed by atoms with Gasteiger partial charge < -0.3 is 24.2 Å². The van der Waals surface area contributed by atoms with E-state index in [2.05, 4.69) is 11.8 Å². The lowest BCUT2D eigenvalue weighted by atomic mass is 9.92. The second-order valence-electron chi connectivity index (χ2n) is 14.2. The van der Waals surface area contributed by atoms with E-state index in [0.717, 1.165) is 43.7 Å². The zero-order chi connectivity index (χ0) is 34.4. The topological polar surface area (TPSA) is 98.4 Å². The Morgan fingerprint density at radius 3 is 2.50 bits per heavy atom. The number of aliphatic carboxylic acids is 1. The summed E-state index contributed by atoms with van der Waals surface area (Å²) in [5, 5.41) is 15.5. The average molecular weight is 663 g/mol. The third-order valence-corrected chi connectivity index (χ3v) is 9.16. The summed E-state index contributed by atoms with van der Waals surface area (Å²) < 4.78 is 49.6. The Bertz CT molecular complexity index is 1830. The Labute approximate surface area is 279 Å². The molecule has 1 fully saturated rings. The number of halogens is 2. The number of carboxylic acid groups (broad SMARTS) is 1. The molecule has 1 N–H and O–H groups in total. The van der Waals surface area contributed by atoms with Crippen molar-refractivity contribution in [2.75, 3.05) is 24.6 Å². The molecule has 0 aliphatic carbocycles. The van der Waals surface area contributed by atoms with Gasteiger partial charge in [-0.25, -0.2) is 18.6 Å². The van der Waals surface area contributed by atoms with Crippen LogP contribution in [0.3, 0.4) is 0 Å². The van der Waals surface area contributed by atoms with E-state index in [9.17, 15) is 18.7 Å². The number of carboxylic acids is 1. The number of piperidine rings is 1. The fraction of sp³-hybridized carbons (Fsp3) is 0.486. The predicted octanol–water partition coefficient (Wildman–Crippen LogP) is 7.92. The van der Waals surface area contributed by atoms with E-state index in [1.54, 1.807) is 11.4 Å². The number of rotatable bonds is 3. The predicted molar refractivity (Wildman–Crippen MR) is 179 cm³/mol. The summed E-state index contributed by atoms with van der Waals surface area (Å²) in [5.74, 6) is -2.16. The van der Waals surface area contributed by atoms with E-state index in [1.807, 2.05) is 58.0 Å². The van der Waals surface area contributed by atoms with Crippen LogP contribution in [0.15, 0.2) is 42.5 Å². The number of fused-ring (bicyclic) bond motifs is 8. The molecule has 7 rings (SSSR count). The number of nitrogens with zero attached hydrogens (tertiary/aromatic N) is 4. The molecule has 5 heterocycles. The van der Waals surface area contributed by atoms with Gasteiger partial charge in [0.15, 0.2) is 23.4 Å². The average Bonchev–Trinajstić information content (AvgIpc) is 3.44. The number of carbonyl (C=O) groups is 1. The zero-order valence-electron chi connectivity index (χ0n) is 28.5. The van der Waals surface area contributed by atoms with Crippen LogP contribution in [0.5, 0.6) is 5.75 Å². The molecule has 3 aliphatic heterocycles. The van der Waals surface area contributed by atoms with Gasteiger partial charge in [0, 0.05) is 48.6 Å². The van der Waals surface area contributed by atoms with Gasteiger partial charge in [0.05, 0.1) is 28.6 Å².